The SMILES string of the molecule is CCN(CC)c1ccc(NCC2CCNCC2)cc1. The van der Waals surface area contributed by atoms with E-state index in [4.69, 9.17) is 0 Å². The lowest BCUT2D eigenvalue weighted by atomic mass is 9.98. The lowest BCUT2D eigenvalue weighted by molar-refractivity contribution is 0.390. The van der Waals surface area contributed by atoms with E-state index in [1.54, 1.807) is 0 Å². The molecule has 19 heavy (non-hydrogen) atoms. The Kier molecular flexibility index (Phi) is 5.52. The van der Waals surface area contributed by atoms with Crippen molar-refractivity contribution in [2.24, 2.45) is 5.92 Å². The van der Waals surface area contributed by atoms with Gasteiger partial charge in [0.15, 0.2) is 0 Å². The van der Waals surface area contributed by atoms with Gasteiger partial charge in [-0.05, 0) is 70.0 Å². The van der Waals surface area contributed by atoms with Crippen LogP contribution in [-0.2, 0) is 0 Å². The predicted octanol–water partition coefficient (Wildman–Crippen LogP) is 2.94. The average molecular weight is 261 g/mol. The Balaban J connectivity index is 1.84. The number of anilines is 2. The lowest BCUT2D eigenvalue weighted by Gasteiger charge is -2.24. The third-order valence-electron chi connectivity index (χ3n) is 4.05. The lowest BCUT2D eigenvalue weighted by Crippen LogP contribution is -2.31. The molecule has 3 nitrogen and oxygen atoms in total. The number of hydrogen-bond acceptors (Lipinski definition) is 3. The van der Waals surface area contributed by atoms with Crippen molar-refractivity contribution in [3.8, 4) is 0 Å². The molecule has 0 aromatic heterocycles. The number of nitrogens with one attached hydrogen (secondary N) is 2. The smallest absolute Gasteiger partial charge is 0.0367 e. The van der Waals surface area contributed by atoms with Gasteiger partial charge in [0.1, 0.15) is 0 Å². The van der Waals surface area contributed by atoms with Crippen molar-refractivity contribution >= 4 is 11.4 Å². The molecule has 0 amide bonds. The summed E-state index contributed by atoms with van der Waals surface area (Å²) in [5.41, 5.74) is 2.56. The van der Waals surface area contributed by atoms with E-state index in [9.17, 15) is 0 Å². The molecule has 0 unspecified atom stereocenters. The fourth-order valence-corrected chi connectivity index (χ4v) is 2.73. The second-order valence-electron chi connectivity index (χ2n) is 5.29. The van der Waals surface area contributed by atoms with Crippen molar-refractivity contribution in [3.05, 3.63) is 24.3 Å². The highest BCUT2D eigenvalue weighted by molar-refractivity contribution is 5.55. The van der Waals surface area contributed by atoms with Gasteiger partial charge in [0, 0.05) is 31.0 Å². The molecule has 3 heteroatoms. The highest BCUT2D eigenvalue weighted by Gasteiger charge is 2.12. The second-order valence-corrected chi connectivity index (χ2v) is 5.29. The molecular weight excluding hydrogens is 234 g/mol. The molecular formula is C16H27N3. The molecule has 1 saturated heterocycles. The minimum atomic E-state index is 0.823. The minimum Gasteiger partial charge on any atom is -0.385 e. The Labute approximate surface area is 117 Å². The maximum atomic E-state index is 3.57. The standard InChI is InChI=1S/C16H27N3/c1-3-19(4-2)16-7-5-15(6-8-16)18-13-14-9-11-17-12-10-14/h5-8,14,17-18H,3-4,9-13H2,1-2H3. The number of benzene rings is 1. The van der Waals surface area contributed by atoms with E-state index in [0.29, 0.717) is 0 Å². The average Bonchev–Trinajstić information content (AvgIpc) is 2.49. The van der Waals surface area contributed by atoms with Gasteiger partial charge in [-0.2, -0.15) is 0 Å². The summed E-state index contributed by atoms with van der Waals surface area (Å²) in [6, 6.07) is 8.85. The van der Waals surface area contributed by atoms with Gasteiger partial charge in [0.25, 0.3) is 0 Å². The molecule has 1 aliphatic rings. The van der Waals surface area contributed by atoms with E-state index in [-0.39, 0.29) is 0 Å². The van der Waals surface area contributed by atoms with E-state index in [1.807, 2.05) is 0 Å². The summed E-state index contributed by atoms with van der Waals surface area (Å²) in [6.07, 6.45) is 2.59. The third kappa shape index (κ3) is 4.13. The zero-order valence-corrected chi connectivity index (χ0v) is 12.3. The summed E-state index contributed by atoms with van der Waals surface area (Å²) in [7, 11) is 0. The second kappa shape index (κ2) is 7.39. The highest BCUT2D eigenvalue weighted by atomic mass is 15.1. The van der Waals surface area contributed by atoms with Crippen molar-refractivity contribution in [3.63, 3.8) is 0 Å². The Morgan fingerprint density at radius 3 is 2.32 bits per heavy atom. The largest absolute Gasteiger partial charge is 0.385 e. The zero-order chi connectivity index (χ0) is 13.5. The number of rotatable bonds is 6. The fraction of sp³-hybridized carbons (Fsp3) is 0.625. The van der Waals surface area contributed by atoms with Crippen LogP contribution in [0.1, 0.15) is 26.7 Å². The van der Waals surface area contributed by atoms with Crippen molar-refractivity contribution in [1.82, 2.24) is 5.32 Å². The van der Waals surface area contributed by atoms with Gasteiger partial charge in [0.2, 0.25) is 0 Å². The summed E-state index contributed by atoms with van der Waals surface area (Å²) in [5.74, 6) is 0.823. The first kappa shape index (κ1) is 14.2. The molecule has 2 N–H and O–H groups in total. The topological polar surface area (TPSA) is 27.3 Å². The van der Waals surface area contributed by atoms with E-state index < -0.39 is 0 Å². The number of nitrogens with zero attached hydrogens (tertiary/aromatic N) is 1. The molecule has 1 aliphatic heterocycles. The maximum absolute atomic E-state index is 3.57. The molecule has 106 valence electrons. The Bertz CT molecular complexity index is 351. The Morgan fingerprint density at radius 1 is 1.11 bits per heavy atom. The van der Waals surface area contributed by atoms with E-state index in [1.165, 1.54) is 37.3 Å². The first-order valence-electron chi connectivity index (χ1n) is 7.63. The van der Waals surface area contributed by atoms with Crippen LogP contribution in [0.25, 0.3) is 0 Å². The normalized spacial score (nSPS) is 16.3. The van der Waals surface area contributed by atoms with Crippen molar-refractivity contribution in [1.29, 1.82) is 0 Å². The van der Waals surface area contributed by atoms with Gasteiger partial charge >= 0.3 is 0 Å². The summed E-state index contributed by atoms with van der Waals surface area (Å²) in [6.45, 7) is 9.99. The molecule has 0 radical (unpaired) electrons. The Hall–Kier alpha value is -1.22. The van der Waals surface area contributed by atoms with Crippen LogP contribution in [0.15, 0.2) is 24.3 Å². The summed E-state index contributed by atoms with van der Waals surface area (Å²) >= 11 is 0. The molecule has 0 bridgehead atoms. The summed E-state index contributed by atoms with van der Waals surface area (Å²) in [5, 5.41) is 6.98. The molecule has 2 rings (SSSR count). The van der Waals surface area contributed by atoms with Gasteiger partial charge in [-0.15, -0.1) is 0 Å². The van der Waals surface area contributed by atoms with Gasteiger partial charge in [-0.1, -0.05) is 0 Å². The highest BCUT2D eigenvalue weighted by Crippen LogP contribution is 2.19. The van der Waals surface area contributed by atoms with E-state index in [0.717, 1.165) is 25.6 Å². The van der Waals surface area contributed by atoms with Crippen LogP contribution in [0.3, 0.4) is 0 Å². The van der Waals surface area contributed by atoms with Crippen LogP contribution in [0, 0.1) is 5.92 Å². The van der Waals surface area contributed by atoms with Crippen LogP contribution >= 0.6 is 0 Å². The first-order chi connectivity index (χ1) is 9.33. The van der Waals surface area contributed by atoms with Gasteiger partial charge in [0.05, 0.1) is 0 Å². The quantitative estimate of drug-likeness (QED) is 0.824. The van der Waals surface area contributed by atoms with Crippen LogP contribution in [0.2, 0.25) is 0 Å². The van der Waals surface area contributed by atoms with E-state index >= 15 is 0 Å². The minimum absolute atomic E-state index is 0.823. The molecule has 1 aromatic carbocycles. The van der Waals surface area contributed by atoms with Crippen LogP contribution < -0.4 is 15.5 Å². The molecule has 0 spiro atoms. The molecule has 0 saturated carbocycles. The van der Waals surface area contributed by atoms with Gasteiger partial charge in [-0.25, -0.2) is 0 Å². The van der Waals surface area contributed by atoms with Crippen molar-refractivity contribution < 1.29 is 0 Å². The summed E-state index contributed by atoms with van der Waals surface area (Å²) in [4.78, 5) is 2.37. The van der Waals surface area contributed by atoms with Crippen LogP contribution in [-0.4, -0.2) is 32.7 Å². The third-order valence-corrected chi connectivity index (χ3v) is 4.05. The number of piperidine rings is 1. The fourth-order valence-electron chi connectivity index (χ4n) is 2.73. The van der Waals surface area contributed by atoms with Gasteiger partial charge in [-0.3, -0.25) is 0 Å². The summed E-state index contributed by atoms with van der Waals surface area (Å²) < 4.78 is 0. The monoisotopic (exact) mass is 261 g/mol. The number of hydrogen-bond donors (Lipinski definition) is 2. The predicted molar refractivity (Wildman–Crippen MR) is 84.1 cm³/mol. The van der Waals surface area contributed by atoms with Crippen molar-refractivity contribution in [2.45, 2.75) is 26.7 Å². The van der Waals surface area contributed by atoms with Crippen molar-refractivity contribution in [2.75, 3.05) is 42.9 Å². The molecule has 0 aliphatic carbocycles. The molecule has 1 aromatic rings. The van der Waals surface area contributed by atoms with Gasteiger partial charge < -0.3 is 15.5 Å². The van der Waals surface area contributed by atoms with Crippen LogP contribution in [0.4, 0.5) is 11.4 Å². The molecule has 1 heterocycles. The zero-order valence-electron chi connectivity index (χ0n) is 12.3. The first-order valence-corrected chi connectivity index (χ1v) is 7.63. The van der Waals surface area contributed by atoms with E-state index in [2.05, 4.69) is 53.6 Å². The molecule has 1 fully saturated rings. The Morgan fingerprint density at radius 2 is 1.74 bits per heavy atom. The molecule has 0 atom stereocenters. The van der Waals surface area contributed by atoms with Crippen LogP contribution in [0.5, 0.6) is 0 Å². The maximum Gasteiger partial charge on any atom is 0.0367 e.